The first-order valence-electron chi connectivity index (χ1n) is 4.50. The third kappa shape index (κ3) is 1.12. The minimum Gasteiger partial charge on any atom is -0.291 e. The topological polar surface area (TPSA) is 61.7 Å². The number of nitrogens with zero attached hydrogens (tertiary/aromatic N) is 1. The molecule has 0 saturated carbocycles. The summed E-state index contributed by atoms with van der Waals surface area (Å²) in [5.74, 6) is 0. The summed E-state index contributed by atoms with van der Waals surface area (Å²) in [6.45, 7) is 0. The number of thiophene rings is 2. The summed E-state index contributed by atoms with van der Waals surface area (Å²) >= 11 is 3.16. The minimum atomic E-state index is 0.268. The van der Waals surface area contributed by atoms with Gasteiger partial charge in [-0.05, 0) is 28.1 Å². The van der Waals surface area contributed by atoms with Crippen LogP contribution in [0.1, 0.15) is 0 Å². The van der Waals surface area contributed by atoms with Crippen molar-refractivity contribution in [3.8, 4) is 0 Å². The summed E-state index contributed by atoms with van der Waals surface area (Å²) < 4.78 is 2.10. The van der Waals surface area contributed by atoms with Gasteiger partial charge in [-0.15, -0.1) is 27.6 Å². The Bertz CT molecular complexity index is 687. The summed E-state index contributed by atoms with van der Waals surface area (Å²) in [6, 6.07) is 3.71. The van der Waals surface area contributed by atoms with Crippen molar-refractivity contribution in [1.82, 2.24) is 0 Å². The highest BCUT2D eigenvalue weighted by Crippen LogP contribution is 2.45. The average Bonchev–Trinajstić information content (AvgIpc) is 2.93. The van der Waals surface area contributed by atoms with E-state index in [2.05, 4.69) is 10.7 Å². The Balaban J connectivity index is 2.64. The summed E-state index contributed by atoms with van der Waals surface area (Å²) in [7, 11) is 0. The van der Waals surface area contributed by atoms with Gasteiger partial charge in [0.25, 0.3) is 0 Å². The lowest BCUT2D eigenvalue weighted by atomic mass is 10.1. The fourth-order valence-corrected chi connectivity index (χ4v) is 3.82. The molecule has 0 aliphatic carbocycles. The normalized spacial score (nSPS) is 11.1. The summed E-state index contributed by atoms with van der Waals surface area (Å²) in [4.78, 5) is 10.9. The van der Waals surface area contributed by atoms with Crippen LogP contribution in [0.25, 0.3) is 20.2 Å². The van der Waals surface area contributed by atoms with E-state index in [0.29, 0.717) is 5.69 Å². The molecule has 80 valence electrons. The number of rotatable bonds is 2. The van der Waals surface area contributed by atoms with Crippen LogP contribution in [-0.4, -0.2) is 5.21 Å². The lowest BCUT2D eigenvalue weighted by Crippen LogP contribution is -1.90. The van der Waals surface area contributed by atoms with Crippen molar-refractivity contribution in [1.29, 1.82) is 0 Å². The van der Waals surface area contributed by atoms with Crippen molar-refractivity contribution >= 4 is 54.2 Å². The van der Waals surface area contributed by atoms with Gasteiger partial charge in [0.15, 0.2) is 0 Å². The quantitative estimate of drug-likeness (QED) is 0.526. The van der Waals surface area contributed by atoms with Crippen molar-refractivity contribution in [3.05, 3.63) is 27.8 Å². The zero-order valence-electron chi connectivity index (χ0n) is 7.93. The predicted molar refractivity (Wildman–Crippen MR) is 68.1 cm³/mol. The molecule has 3 rings (SSSR count). The summed E-state index contributed by atoms with van der Waals surface area (Å²) in [6.07, 6.45) is 0. The van der Waals surface area contributed by atoms with Crippen LogP contribution in [0.15, 0.2) is 28.1 Å². The van der Waals surface area contributed by atoms with E-state index in [1.807, 2.05) is 22.9 Å². The molecule has 0 aliphatic heterocycles. The van der Waals surface area contributed by atoms with E-state index in [9.17, 15) is 4.91 Å². The maximum atomic E-state index is 10.9. The molecule has 0 spiro atoms. The van der Waals surface area contributed by atoms with Crippen molar-refractivity contribution < 1.29 is 5.21 Å². The smallest absolute Gasteiger partial charge is 0.142 e. The van der Waals surface area contributed by atoms with Gasteiger partial charge in [-0.3, -0.25) is 10.7 Å². The van der Waals surface area contributed by atoms with E-state index in [1.165, 1.54) is 0 Å². The van der Waals surface area contributed by atoms with Crippen LogP contribution >= 0.6 is 22.7 Å². The highest BCUT2D eigenvalue weighted by Gasteiger charge is 2.16. The van der Waals surface area contributed by atoms with Crippen LogP contribution in [0.2, 0.25) is 0 Å². The molecule has 2 heterocycles. The second kappa shape index (κ2) is 3.51. The average molecular weight is 250 g/mol. The second-order valence-corrected chi connectivity index (χ2v) is 5.09. The standard InChI is InChI=1S/C10H6N2O2S2/c13-11-7-5-1-3-15-9(5)10-6(2-4-16-10)8(7)12-14/h1-4,11,13H. The number of hydrogen-bond acceptors (Lipinski definition) is 6. The monoisotopic (exact) mass is 250 g/mol. The van der Waals surface area contributed by atoms with Gasteiger partial charge in [0, 0.05) is 10.8 Å². The molecule has 4 nitrogen and oxygen atoms in total. The van der Waals surface area contributed by atoms with Crippen LogP contribution in [0, 0.1) is 4.91 Å². The van der Waals surface area contributed by atoms with Gasteiger partial charge in [0.1, 0.15) is 5.69 Å². The van der Waals surface area contributed by atoms with Gasteiger partial charge >= 0.3 is 0 Å². The number of hydrogen-bond donors (Lipinski definition) is 2. The molecule has 16 heavy (non-hydrogen) atoms. The van der Waals surface area contributed by atoms with Crippen molar-refractivity contribution in [3.63, 3.8) is 0 Å². The van der Waals surface area contributed by atoms with Gasteiger partial charge in [0.2, 0.25) is 0 Å². The van der Waals surface area contributed by atoms with E-state index in [1.54, 1.807) is 22.7 Å². The highest BCUT2D eigenvalue weighted by atomic mass is 32.1. The zero-order valence-corrected chi connectivity index (χ0v) is 9.56. The zero-order chi connectivity index (χ0) is 11.1. The molecule has 1 aromatic carbocycles. The molecule has 3 aromatic rings. The second-order valence-electron chi connectivity index (χ2n) is 3.25. The Morgan fingerprint density at radius 1 is 1.12 bits per heavy atom. The van der Waals surface area contributed by atoms with E-state index < -0.39 is 0 Å². The maximum absolute atomic E-state index is 10.9. The van der Waals surface area contributed by atoms with Crippen LogP contribution in [0.5, 0.6) is 0 Å². The first-order chi connectivity index (χ1) is 7.86. The Kier molecular flexibility index (Phi) is 2.13. The number of benzene rings is 1. The first-order valence-corrected chi connectivity index (χ1v) is 6.26. The van der Waals surface area contributed by atoms with Crippen molar-refractivity contribution in [2.75, 3.05) is 5.48 Å². The van der Waals surface area contributed by atoms with Gasteiger partial charge in [-0.25, -0.2) is 0 Å². The predicted octanol–water partition coefficient (Wildman–Crippen LogP) is 4.32. The molecule has 0 aliphatic rings. The first kappa shape index (κ1) is 9.71. The molecule has 0 fully saturated rings. The molecular weight excluding hydrogens is 244 g/mol. The molecule has 0 bridgehead atoms. The maximum Gasteiger partial charge on any atom is 0.142 e. The van der Waals surface area contributed by atoms with Crippen LogP contribution in [0.3, 0.4) is 0 Å². The van der Waals surface area contributed by atoms with Crippen molar-refractivity contribution in [2.45, 2.75) is 0 Å². The molecule has 0 saturated heterocycles. The minimum absolute atomic E-state index is 0.268. The molecule has 0 unspecified atom stereocenters. The van der Waals surface area contributed by atoms with Crippen molar-refractivity contribution in [2.24, 2.45) is 5.18 Å². The van der Waals surface area contributed by atoms with Gasteiger partial charge in [-0.2, -0.15) is 0 Å². The Hall–Kier alpha value is -1.50. The molecule has 6 heteroatoms. The molecule has 2 aromatic heterocycles. The Labute approximate surface area is 98.1 Å². The fraction of sp³-hybridized carbons (Fsp3) is 0. The van der Waals surface area contributed by atoms with Gasteiger partial charge < -0.3 is 0 Å². The largest absolute Gasteiger partial charge is 0.291 e. The Morgan fingerprint density at radius 2 is 1.75 bits per heavy atom. The van der Waals surface area contributed by atoms with E-state index in [0.717, 1.165) is 20.2 Å². The molecular formula is C10H6N2O2S2. The SMILES string of the molecule is O=Nc1c(NO)c2ccsc2c2sccc12. The number of nitrogens with one attached hydrogen (secondary N) is 1. The van der Waals surface area contributed by atoms with Crippen LogP contribution in [0.4, 0.5) is 11.4 Å². The molecule has 0 amide bonds. The number of fused-ring (bicyclic) bond motifs is 3. The van der Waals surface area contributed by atoms with E-state index in [-0.39, 0.29) is 5.69 Å². The summed E-state index contributed by atoms with van der Waals surface area (Å²) in [5, 5.41) is 17.6. The molecule has 0 radical (unpaired) electrons. The third-order valence-electron chi connectivity index (χ3n) is 2.50. The lowest BCUT2D eigenvalue weighted by molar-refractivity contribution is 0.390. The van der Waals surface area contributed by atoms with E-state index in [4.69, 9.17) is 5.21 Å². The lowest BCUT2D eigenvalue weighted by Gasteiger charge is -2.05. The third-order valence-corrected chi connectivity index (χ3v) is 4.49. The van der Waals surface area contributed by atoms with Crippen LogP contribution < -0.4 is 5.48 Å². The number of anilines is 1. The summed E-state index contributed by atoms with van der Waals surface area (Å²) in [5.41, 5.74) is 2.73. The van der Waals surface area contributed by atoms with Gasteiger partial charge in [-0.1, -0.05) is 0 Å². The fourth-order valence-electron chi connectivity index (χ4n) is 1.82. The van der Waals surface area contributed by atoms with E-state index >= 15 is 0 Å². The molecule has 2 N–H and O–H groups in total. The highest BCUT2D eigenvalue weighted by molar-refractivity contribution is 7.25. The van der Waals surface area contributed by atoms with Crippen LogP contribution in [-0.2, 0) is 0 Å². The Morgan fingerprint density at radius 3 is 2.38 bits per heavy atom. The molecule has 0 atom stereocenters. The van der Waals surface area contributed by atoms with Gasteiger partial charge in [0.05, 0.1) is 15.1 Å². The number of nitroso groups, excluding NO2 is 1.